The van der Waals surface area contributed by atoms with E-state index < -0.39 is 46.8 Å². The smallest absolute Gasteiger partial charge is 0.323 e. The van der Waals surface area contributed by atoms with Crippen LogP contribution in [0.25, 0.3) is 10.8 Å². The minimum absolute atomic E-state index is 0.0566. The van der Waals surface area contributed by atoms with E-state index in [1.54, 1.807) is 23.1 Å². The molecule has 2 aromatic rings. The first-order valence-electron chi connectivity index (χ1n) is 12.9. The van der Waals surface area contributed by atoms with E-state index in [1.807, 2.05) is 12.1 Å². The normalized spacial score (nSPS) is 18.6. The van der Waals surface area contributed by atoms with Gasteiger partial charge < -0.3 is 26.4 Å². The Labute approximate surface area is 227 Å². The van der Waals surface area contributed by atoms with E-state index in [9.17, 15) is 27.9 Å². The number of nitrogens with one attached hydrogen (secondary N) is 1. The summed E-state index contributed by atoms with van der Waals surface area (Å²) < 4.78 is 29.5. The number of hydrogen-bond acceptors (Lipinski definition) is 6. The molecule has 12 nitrogen and oxygen atoms in total. The zero-order valence-electron chi connectivity index (χ0n) is 21.5. The summed E-state index contributed by atoms with van der Waals surface area (Å²) in [7, 11) is -4.36. The van der Waals surface area contributed by atoms with E-state index in [2.05, 4.69) is 0 Å². The maximum Gasteiger partial charge on any atom is 0.323 e. The Bertz CT molecular complexity index is 1380. The number of aliphatic carboxylic acids is 1. The lowest BCUT2D eigenvalue weighted by atomic mass is 9.97. The number of likely N-dealkylation sites (tertiary alicyclic amines) is 1. The second-order valence-corrected chi connectivity index (χ2v) is 12.1. The molecule has 2 aromatic carbocycles. The van der Waals surface area contributed by atoms with Crippen LogP contribution in [-0.4, -0.2) is 89.6 Å². The first kappa shape index (κ1) is 28.3. The molecule has 1 saturated carbocycles. The molecule has 6 N–H and O–H groups in total. The van der Waals surface area contributed by atoms with Gasteiger partial charge in [-0.05, 0) is 54.5 Å². The summed E-state index contributed by atoms with van der Waals surface area (Å²) in [6.07, 6.45) is 1.87. The molecule has 0 aromatic heterocycles. The molecule has 0 spiro atoms. The number of carboxylic acid groups (broad SMARTS) is 1. The number of piperidine rings is 1. The number of amides is 2. The number of guanidine groups is 1. The molecule has 2 amide bonds. The number of carbonyl (C=O) groups is 3. The van der Waals surface area contributed by atoms with Gasteiger partial charge in [0.15, 0.2) is 5.96 Å². The summed E-state index contributed by atoms with van der Waals surface area (Å²) in [6, 6.07) is 10.0. The van der Waals surface area contributed by atoms with Crippen molar-refractivity contribution in [2.75, 3.05) is 26.2 Å². The van der Waals surface area contributed by atoms with E-state index in [1.165, 1.54) is 12.1 Å². The molecule has 1 heterocycles. The Hall–Kier alpha value is -3.71. The zero-order valence-corrected chi connectivity index (χ0v) is 22.3. The van der Waals surface area contributed by atoms with Crippen LogP contribution >= 0.6 is 0 Å². The van der Waals surface area contributed by atoms with Crippen molar-refractivity contribution in [3.8, 4) is 0 Å². The molecule has 2 atom stereocenters. The third kappa shape index (κ3) is 6.66. The van der Waals surface area contributed by atoms with Crippen molar-refractivity contribution < 1.29 is 27.9 Å². The summed E-state index contributed by atoms with van der Waals surface area (Å²) in [5, 5.41) is 18.8. The second kappa shape index (κ2) is 11.6. The molecular weight excluding hydrogens is 524 g/mol. The first-order valence-corrected chi connectivity index (χ1v) is 14.3. The number of hydrogen-bond donors (Lipinski definition) is 4. The maximum atomic E-state index is 14.2. The second-order valence-electron chi connectivity index (χ2n) is 10.2. The lowest BCUT2D eigenvalue weighted by Gasteiger charge is -2.38. The molecule has 39 heavy (non-hydrogen) atoms. The average molecular weight is 559 g/mol. The Morgan fingerprint density at radius 3 is 2.38 bits per heavy atom. The van der Waals surface area contributed by atoms with Crippen LogP contribution in [0.1, 0.15) is 32.1 Å². The lowest BCUT2D eigenvalue weighted by molar-refractivity contribution is -0.147. The third-order valence-electron chi connectivity index (χ3n) is 7.23. The lowest BCUT2D eigenvalue weighted by Crippen LogP contribution is -2.56. The molecule has 4 rings (SSSR count). The summed E-state index contributed by atoms with van der Waals surface area (Å²) in [4.78, 5) is 40.3. The molecule has 1 aliphatic carbocycles. The Kier molecular flexibility index (Phi) is 8.40. The van der Waals surface area contributed by atoms with Gasteiger partial charge in [0, 0.05) is 25.7 Å². The minimum Gasteiger partial charge on any atom is -0.480 e. The minimum atomic E-state index is -4.36. The van der Waals surface area contributed by atoms with Gasteiger partial charge in [-0.15, -0.1) is 0 Å². The molecule has 2 aliphatic rings. The molecule has 1 aliphatic heterocycles. The SMILES string of the molecule is N=C(N)N1CCC[C@H](CN([C@@H](CC(N)=O)C(=O)N(CC(=O)O)C2CC2)S(=O)(=O)c2ccc3ccccc3c2)C1. The quantitative estimate of drug-likeness (QED) is 0.229. The summed E-state index contributed by atoms with van der Waals surface area (Å²) >= 11 is 0. The molecule has 2 fully saturated rings. The first-order chi connectivity index (χ1) is 18.5. The fourth-order valence-electron chi connectivity index (χ4n) is 5.16. The highest BCUT2D eigenvalue weighted by molar-refractivity contribution is 7.89. The molecule has 0 unspecified atom stereocenters. The number of fused-ring (bicyclic) bond motifs is 1. The van der Waals surface area contributed by atoms with Gasteiger partial charge >= 0.3 is 5.97 Å². The van der Waals surface area contributed by atoms with Crippen molar-refractivity contribution >= 4 is 44.5 Å². The Morgan fingerprint density at radius 2 is 1.77 bits per heavy atom. The van der Waals surface area contributed by atoms with Gasteiger partial charge in [-0.25, -0.2) is 8.42 Å². The molecule has 210 valence electrons. The van der Waals surface area contributed by atoms with Gasteiger partial charge in [0.25, 0.3) is 0 Å². The highest BCUT2D eigenvalue weighted by Gasteiger charge is 2.44. The summed E-state index contributed by atoms with van der Waals surface area (Å²) in [5.41, 5.74) is 11.2. The molecule has 0 radical (unpaired) electrons. The van der Waals surface area contributed by atoms with Crippen molar-refractivity contribution in [3.63, 3.8) is 0 Å². The van der Waals surface area contributed by atoms with Crippen LogP contribution in [0.4, 0.5) is 0 Å². The van der Waals surface area contributed by atoms with Crippen LogP contribution in [0.15, 0.2) is 47.4 Å². The fourth-order valence-corrected chi connectivity index (χ4v) is 6.85. The van der Waals surface area contributed by atoms with E-state index in [4.69, 9.17) is 16.9 Å². The number of carboxylic acids is 1. The summed E-state index contributed by atoms with van der Waals surface area (Å²) in [5.74, 6) is -3.31. The molecular formula is C26H34N6O6S. The third-order valence-corrected chi connectivity index (χ3v) is 9.10. The molecule has 1 saturated heterocycles. The van der Waals surface area contributed by atoms with E-state index in [0.29, 0.717) is 44.2 Å². The molecule has 0 bridgehead atoms. The number of sulfonamides is 1. The van der Waals surface area contributed by atoms with Crippen molar-refractivity contribution in [1.29, 1.82) is 5.41 Å². The van der Waals surface area contributed by atoms with Crippen LogP contribution < -0.4 is 11.5 Å². The van der Waals surface area contributed by atoms with Crippen LogP contribution in [0.2, 0.25) is 0 Å². The van der Waals surface area contributed by atoms with Gasteiger partial charge in [0.05, 0.1) is 11.3 Å². The van der Waals surface area contributed by atoms with Crippen LogP contribution in [0.3, 0.4) is 0 Å². The van der Waals surface area contributed by atoms with Crippen molar-refractivity contribution in [3.05, 3.63) is 42.5 Å². The van der Waals surface area contributed by atoms with Gasteiger partial charge in [-0.3, -0.25) is 19.8 Å². The van der Waals surface area contributed by atoms with E-state index >= 15 is 0 Å². The standard InChI is InChI=1S/C26H34N6O6S/c27-23(33)13-22(25(36)31(16-24(34)35)20-8-9-20)32(15-17-4-3-11-30(14-17)26(28)29)39(37,38)21-10-7-18-5-1-2-6-19(18)12-21/h1-2,5-7,10,12,17,20,22H,3-4,8-9,11,13-16H2,(H2,27,33)(H3,28,29)(H,34,35)/t17-,22-/m0/s1. The topological polar surface area (TPSA) is 191 Å². The maximum absolute atomic E-state index is 14.2. The number of carbonyl (C=O) groups excluding carboxylic acids is 2. The average Bonchev–Trinajstić information content (AvgIpc) is 3.74. The largest absolute Gasteiger partial charge is 0.480 e. The van der Waals surface area contributed by atoms with Gasteiger partial charge in [0.2, 0.25) is 21.8 Å². The Balaban J connectivity index is 1.77. The van der Waals surface area contributed by atoms with Crippen LogP contribution in [-0.2, 0) is 24.4 Å². The predicted molar refractivity (Wildman–Crippen MR) is 144 cm³/mol. The monoisotopic (exact) mass is 558 g/mol. The van der Waals surface area contributed by atoms with E-state index in [0.717, 1.165) is 14.6 Å². The van der Waals surface area contributed by atoms with Crippen molar-refractivity contribution in [2.45, 2.75) is 49.1 Å². The summed E-state index contributed by atoms with van der Waals surface area (Å²) in [6.45, 7) is 0.122. The highest BCUT2D eigenvalue weighted by Crippen LogP contribution is 2.31. The number of benzene rings is 2. The van der Waals surface area contributed by atoms with Gasteiger partial charge in [-0.2, -0.15) is 4.31 Å². The predicted octanol–water partition coefficient (Wildman–Crippen LogP) is 0.756. The fraction of sp³-hybridized carbons (Fsp3) is 0.462. The number of rotatable bonds is 11. The number of nitrogens with zero attached hydrogens (tertiary/aromatic N) is 3. The van der Waals surface area contributed by atoms with Crippen LogP contribution in [0.5, 0.6) is 0 Å². The number of primary amides is 1. The molecule has 13 heteroatoms. The van der Waals surface area contributed by atoms with Crippen molar-refractivity contribution in [2.24, 2.45) is 17.4 Å². The van der Waals surface area contributed by atoms with Crippen molar-refractivity contribution in [1.82, 2.24) is 14.1 Å². The highest BCUT2D eigenvalue weighted by atomic mass is 32.2. The van der Waals surface area contributed by atoms with E-state index in [-0.39, 0.29) is 29.4 Å². The van der Waals surface area contributed by atoms with Crippen LogP contribution in [0, 0.1) is 11.3 Å². The van der Waals surface area contributed by atoms with Gasteiger partial charge in [-0.1, -0.05) is 30.3 Å². The Morgan fingerprint density at radius 1 is 1.08 bits per heavy atom. The zero-order chi connectivity index (χ0) is 28.3. The number of nitrogens with two attached hydrogens (primary N) is 2. The van der Waals surface area contributed by atoms with Gasteiger partial charge in [0.1, 0.15) is 12.6 Å².